The van der Waals surface area contributed by atoms with Gasteiger partial charge in [-0.05, 0) is 25.5 Å². The summed E-state index contributed by atoms with van der Waals surface area (Å²) in [5.41, 5.74) is 5.54. The van der Waals surface area contributed by atoms with Crippen molar-refractivity contribution in [3.05, 3.63) is 17.3 Å². The maximum absolute atomic E-state index is 5.54. The van der Waals surface area contributed by atoms with Gasteiger partial charge in [-0.3, -0.25) is 0 Å². The number of anilines is 1. The molecular formula is C12H18N4S. The van der Waals surface area contributed by atoms with Crippen LogP contribution in [0.2, 0.25) is 0 Å². The monoisotopic (exact) mass is 250 g/mol. The van der Waals surface area contributed by atoms with Crippen molar-refractivity contribution < 1.29 is 0 Å². The van der Waals surface area contributed by atoms with Crippen LogP contribution in [0, 0.1) is 0 Å². The molecule has 2 rings (SSSR count). The number of nitrogens with zero attached hydrogens (tertiary/aromatic N) is 3. The Morgan fingerprint density at radius 2 is 2.24 bits per heavy atom. The number of fused-ring (bicyclic) bond motifs is 1. The number of thiophene rings is 1. The highest BCUT2D eigenvalue weighted by Gasteiger charge is 2.10. The molecule has 4 nitrogen and oxygen atoms in total. The van der Waals surface area contributed by atoms with E-state index in [2.05, 4.69) is 34.9 Å². The molecule has 0 aliphatic heterocycles. The van der Waals surface area contributed by atoms with Crippen LogP contribution < -0.4 is 10.6 Å². The van der Waals surface area contributed by atoms with Crippen molar-refractivity contribution in [2.24, 2.45) is 5.73 Å². The summed E-state index contributed by atoms with van der Waals surface area (Å²) >= 11 is 1.75. The zero-order chi connectivity index (χ0) is 12.3. The van der Waals surface area contributed by atoms with Crippen LogP contribution in [0.3, 0.4) is 0 Å². The molecule has 0 aliphatic carbocycles. The Morgan fingerprint density at radius 1 is 1.41 bits per heavy atom. The van der Waals surface area contributed by atoms with Crippen LogP contribution in [0.5, 0.6) is 0 Å². The standard InChI is InChI=1S/C12H18N4S/c1-3-9-7-10-11(16(2)6-4-5-13)14-8-15-12(10)17-9/h7-8H,3-6,13H2,1-2H3. The van der Waals surface area contributed by atoms with E-state index in [1.807, 2.05) is 0 Å². The van der Waals surface area contributed by atoms with Gasteiger partial charge in [-0.15, -0.1) is 11.3 Å². The van der Waals surface area contributed by atoms with E-state index in [4.69, 9.17) is 5.73 Å². The van der Waals surface area contributed by atoms with E-state index in [1.165, 1.54) is 4.88 Å². The van der Waals surface area contributed by atoms with Gasteiger partial charge in [0.05, 0.1) is 5.39 Å². The molecule has 0 aliphatic rings. The van der Waals surface area contributed by atoms with Crippen LogP contribution >= 0.6 is 11.3 Å². The van der Waals surface area contributed by atoms with E-state index in [1.54, 1.807) is 17.7 Å². The number of aromatic nitrogens is 2. The third-order valence-corrected chi connectivity index (χ3v) is 3.95. The molecule has 17 heavy (non-hydrogen) atoms. The molecule has 92 valence electrons. The molecule has 0 radical (unpaired) electrons. The molecule has 5 heteroatoms. The third kappa shape index (κ3) is 2.56. The van der Waals surface area contributed by atoms with Gasteiger partial charge in [0, 0.05) is 18.5 Å². The van der Waals surface area contributed by atoms with Gasteiger partial charge in [-0.2, -0.15) is 0 Å². The van der Waals surface area contributed by atoms with Crippen molar-refractivity contribution in [2.75, 3.05) is 25.0 Å². The largest absolute Gasteiger partial charge is 0.359 e. The molecular weight excluding hydrogens is 232 g/mol. The van der Waals surface area contributed by atoms with Crippen LogP contribution in [0.1, 0.15) is 18.2 Å². The first kappa shape index (κ1) is 12.3. The Bertz CT molecular complexity index is 494. The fraction of sp³-hybridized carbons (Fsp3) is 0.500. The Kier molecular flexibility index (Phi) is 3.91. The molecule has 0 fully saturated rings. The van der Waals surface area contributed by atoms with Crippen molar-refractivity contribution >= 4 is 27.4 Å². The zero-order valence-electron chi connectivity index (χ0n) is 10.3. The van der Waals surface area contributed by atoms with Gasteiger partial charge < -0.3 is 10.6 Å². The third-order valence-electron chi connectivity index (χ3n) is 2.77. The predicted octanol–water partition coefficient (Wildman–Crippen LogP) is 2.04. The molecule has 0 spiro atoms. The Morgan fingerprint density at radius 3 is 2.94 bits per heavy atom. The Labute approximate surface area is 105 Å². The topological polar surface area (TPSA) is 55.0 Å². The minimum absolute atomic E-state index is 0.711. The van der Waals surface area contributed by atoms with Gasteiger partial charge in [-0.25, -0.2) is 9.97 Å². The average Bonchev–Trinajstić information content (AvgIpc) is 2.78. The maximum atomic E-state index is 5.54. The van der Waals surface area contributed by atoms with E-state index < -0.39 is 0 Å². The molecule has 0 amide bonds. The maximum Gasteiger partial charge on any atom is 0.140 e. The summed E-state index contributed by atoms with van der Waals surface area (Å²) in [6.07, 6.45) is 3.67. The van der Waals surface area contributed by atoms with E-state index >= 15 is 0 Å². The summed E-state index contributed by atoms with van der Waals surface area (Å²) in [6.45, 7) is 3.80. The van der Waals surface area contributed by atoms with Crippen molar-refractivity contribution in [2.45, 2.75) is 19.8 Å². The van der Waals surface area contributed by atoms with Gasteiger partial charge in [0.15, 0.2) is 0 Å². The fourth-order valence-corrected chi connectivity index (χ4v) is 2.74. The van der Waals surface area contributed by atoms with Crippen LogP contribution in [0.15, 0.2) is 12.4 Å². The number of rotatable bonds is 5. The van der Waals surface area contributed by atoms with Gasteiger partial charge in [0.25, 0.3) is 0 Å². The normalized spacial score (nSPS) is 11.0. The average molecular weight is 250 g/mol. The first-order valence-electron chi connectivity index (χ1n) is 5.91. The first-order valence-corrected chi connectivity index (χ1v) is 6.72. The summed E-state index contributed by atoms with van der Waals surface area (Å²) < 4.78 is 0. The SMILES string of the molecule is CCc1cc2c(N(C)CCCN)ncnc2s1. The molecule has 0 atom stereocenters. The Balaban J connectivity index is 2.35. The van der Waals surface area contributed by atoms with Crippen molar-refractivity contribution in [1.82, 2.24) is 9.97 Å². The summed E-state index contributed by atoms with van der Waals surface area (Å²) in [5, 5.41) is 1.16. The highest BCUT2D eigenvalue weighted by molar-refractivity contribution is 7.18. The summed E-state index contributed by atoms with van der Waals surface area (Å²) in [6, 6.07) is 2.20. The highest BCUT2D eigenvalue weighted by Crippen LogP contribution is 2.29. The van der Waals surface area contributed by atoms with E-state index in [0.29, 0.717) is 6.54 Å². The quantitative estimate of drug-likeness (QED) is 0.882. The summed E-state index contributed by atoms with van der Waals surface area (Å²) in [5.74, 6) is 1.01. The number of nitrogens with two attached hydrogens (primary N) is 1. The van der Waals surface area contributed by atoms with Crippen molar-refractivity contribution in [3.63, 3.8) is 0 Å². The van der Waals surface area contributed by atoms with Crippen LogP contribution in [0.4, 0.5) is 5.82 Å². The smallest absolute Gasteiger partial charge is 0.140 e. The lowest BCUT2D eigenvalue weighted by Gasteiger charge is -2.17. The lowest BCUT2D eigenvalue weighted by atomic mass is 10.3. The molecule has 2 N–H and O–H groups in total. The second-order valence-corrected chi connectivity index (χ2v) is 5.16. The van der Waals surface area contributed by atoms with Gasteiger partial charge in [0.1, 0.15) is 17.0 Å². The van der Waals surface area contributed by atoms with E-state index in [9.17, 15) is 0 Å². The molecule has 2 aromatic heterocycles. The molecule has 0 unspecified atom stereocenters. The van der Waals surface area contributed by atoms with Crippen LogP contribution in [0.25, 0.3) is 10.2 Å². The lowest BCUT2D eigenvalue weighted by Crippen LogP contribution is -2.22. The Hall–Kier alpha value is -1.20. The van der Waals surface area contributed by atoms with Crippen molar-refractivity contribution in [1.29, 1.82) is 0 Å². The highest BCUT2D eigenvalue weighted by atomic mass is 32.1. The fourth-order valence-electron chi connectivity index (χ4n) is 1.81. The van der Waals surface area contributed by atoms with Gasteiger partial charge >= 0.3 is 0 Å². The zero-order valence-corrected chi connectivity index (χ0v) is 11.1. The molecule has 2 aromatic rings. The first-order chi connectivity index (χ1) is 8.26. The minimum Gasteiger partial charge on any atom is -0.359 e. The van der Waals surface area contributed by atoms with Crippen LogP contribution in [-0.2, 0) is 6.42 Å². The minimum atomic E-state index is 0.711. The molecule has 2 heterocycles. The molecule has 0 aromatic carbocycles. The molecule has 0 saturated carbocycles. The molecule has 0 saturated heterocycles. The number of hydrogen-bond acceptors (Lipinski definition) is 5. The summed E-state index contributed by atoms with van der Waals surface area (Å²) in [7, 11) is 2.06. The van der Waals surface area contributed by atoms with Crippen molar-refractivity contribution in [3.8, 4) is 0 Å². The predicted molar refractivity (Wildman–Crippen MR) is 73.7 cm³/mol. The lowest BCUT2D eigenvalue weighted by molar-refractivity contribution is 0.788. The number of aryl methyl sites for hydroxylation is 1. The summed E-state index contributed by atoms with van der Waals surface area (Å²) in [4.78, 5) is 13.3. The second kappa shape index (κ2) is 5.42. The van der Waals surface area contributed by atoms with E-state index in [0.717, 1.165) is 35.4 Å². The molecule has 0 bridgehead atoms. The van der Waals surface area contributed by atoms with E-state index in [-0.39, 0.29) is 0 Å². The second-order valence-electron chi connectivity index (χ2n) is 4.05. The van der Waals surface area contributed by atoms with Gasteiger partial charge in [0.2, 0.25) is 0 Å². The van der Waals surface area contributed by atoms with Crippen LogP contribution in [-0.4, -0.2) is 30.1 Å². The number of hydrogen-bond donors (Lipinski definition) is 1. The van der Waals surface area contributed by atoms with Gasteiger partial charge in [-0.1, -0.05) is 6.92 Å².